The fraction of sp³-hybridized carbons (Fsp3) is 0.500. The first-order valence-electron chi connectivity index (χ1n) is 7.46. The molecule has 5 heteroatoms. The number of rotatable bonds is 6. The fourth-order valence-corrected chi connectivity index (χ4v) is 3.04. The quantitative estimate of drug-likeness (QED) is 0.633. The summed E-state index contributed by atoms with van der Waals surface area (Å²) in [6.45, 7) is 2.79. The van der Waals surface area contributed by atoms with E-state index in [4.69, 9.17) is 15.0 Å². The molecule has 0 radical (unpaired) electrons. The molecule has 1 heterocycles. The molecule has 0 spiro atoms. The molecule has 0 aliphatic heterocycles. The first kappa shape index (κ1) is 14.5. The molecule has 1 saturated carbocycles. The van der Waals surface area contributed by atoms with Crippen LogP contribution in [0.4, 0.5) is 4.39 Å². The molecule has 1 atom stereocenters. The Bertz CT molecular complexity index is 607. The van der Waals surface area contributed by atoms with Crippen LogP contribution < -0.4 is 11.3 Å². The van der Waals surface area contributed by atoms with Gasteiger partial charge in [-0.05, 0) is 56.4 Å². The lowest BCUT2D eigenvalue weighted by Crippen LogP contribution is -2.36. The summed E-state index contributed by atoms with van der Waals surface area (Å²) in [7, 11) is 0. The van der Waals surface area contributed by atoms with Gasteiger partial charge >= 0.3 is 0 Å². The van der Waals surface area contributed by atoms with Crippen molar-refractivity contribution in [1.82, 2.24) is 5.43 Å². The highest BCUT2D eigenvalue weighted by atomic mass is 19.1. The summed E-state index contributed by atoms with van der Waals surface area (Å²) in [5.74, 6) is 6.76. The van der Waals surface area contributed by atoms with Gasteiger partial charge in [0.25, 0.3) is 0 Å². The molecule has 1 aliphatic carbocycles. The van der Waals surface area contributed by atoms with Crippen LogP contribution in [0, 0.1) is 11.7 Å². The van der Waals surface area contributed by atoms with E-state index in [1.807, 2.05) is 13.0 Å². The van der Waals surface area contributed by atoms with E-state index >= 15 is 0 Å². The first-order valence-corrected chi connectivity index (χ1v) is 7.46. The lowest BCUT2D eigenvalue weighted by Gasteiger charge is -2.36. The average molecular weight is 292 g/mol. The Kier molecular flexibility index (Phi) is 4.24. The van der Waals surface area contributed by atoms with Crippen molar-refractivity contribution in [1.29, 1.82) is 0 Å². The predicted octanol–water partition coefficient (Wildman–Crippen LogP) is 3.28. The lowest BCUT2D eigenvalue weighted by molar-refractivity contribution is -0.0296. The number of nitrogens with one attached hydrogen (secondary N) is 1. The van der Waals surface area contributed by atoms with Gasteiger partial charge in [0, 0.05) is 12.0 Å². The Morgan fingerprint density at radius 3 is 2.95 bits per heavy atom. The van der Waals surface area contributed by atoms with Gasteiger partial charge in [0.1, 0.15) is 17.2 Å². The number of hydrazine groups is 1. The molecule has 0 amide bonds. The molecule has 2 aromatic rings. The van der Waals surface area contributed by atoms with E-state index < -0.39 is 0 Å². The minimum Gasteiger partial charge on any atom is -0.459 e. The minimum atomic E-state index is -0.259. The van der Waals surface area contributed by atoms with Gasteiger partial charge in [-0.25, -0.2) is 9.82 Å². The summed E-state index contributed by atoms with van der Waals surface area (Å²) in [4.78, 5) is 0. The molecule has 1 unspecified atom stereocenters. The highest BCUT2D eigenvalue weighted by Gasteiger charge is 2.32. The summed E-state index contributed by atoms with van der Waals surface area (Å²) >= 11 is 0. The summed E-state index contributed by atoms with van der Waals surface area (Å²) < 4.78 is 24.6. The molecule has 1 aromatic heterocycles. The van der Waals surface area contributed by atoms with Crippen molar-refractivity contribution in [2.75, 3.05) is 6.61 Å². The third-order valence-electron chi connectivity index (χ3n) is 4.21. The van der Waals surface area contributed by atoms with E-state index in [9.17, 15) is 4.39 Å². The molecule has 1 fully saturated rings. The minimum absolute atomic E-state index is 0.0481. The van der Waals surface area contributed by atoms with E-state index in [1.54, 1.807) is 6.07 Å². The Labute approximate surface area is 123 Å². The van der Waals surface area contributed by atoms with E-state index in [1.165, 1.54) is 12.1 Å². The van der Waals surface area contributed by atoms with Crippen molar-refractivity contribution < 1.29 is 13.5 Å². The second-order valence-electron chi connectivity index (χ2n) is 5.70. The fourth-order valence-electron chi connectivity index (χ4n) is 3.04. The van der Waals surface area contributed by atoms with Crippen LogP contribution in [-0.4, -0.2) is 12.7 Å². The number of benzene rings is 1. The number of hydrogen-bond acceptors (Lipinski definition) is 4. The molecule has 3 N–H and O–H groups in total. The summed E-state index contributed by atoms with van der Waals surface area (Å²) in [5.41, 5.74) is 3.50. The van der Waals surface area contributed by atoms with Crippen LogP contribution >= 0.6 is 0 Å². The average Bonchev–Trinajstić information content (AvgIpc) is 2.83. The van der Waals surface area contributed by atoms with Gasteiger partial charge in [0.15, 0.2) is 0 Å². The molecular weight excluding hydrogens is 271 g/mol. The van der Waals surface area contributed by atoms with Crippen LogP contribution in [-0.2, 0) is 4.74 Å². The standard InChI is InChI=1S/C16H21FN2O2/c1-2-20-13-5-10(6-13)7-14(19-18)16-9-11-8-12(17)3-4-15(11)21-16/h3-4,8-10,13-14,19H,2,5-7,18H2,1H3. The SMILES string of the molecule is CCOC1CC(CC(NN)c2cc3cc(F)ccc3o2)C1. The Morgan fingerprint density at radius 2 is 2.24 bits per heavy atom. The third-order valence-corrected chi connectivity index (χ3v) is 4.21. The van der Waals surface area contributed by atoms with E-state index in [0.29, 0.717) is 17.6 Å². The van der Waals surface area contributed by atoms with Gasteiger partial charge in [-0.1, -0.05) is 0 Å². The van der Waals surface area contributed by atoms with Gasteiger partial charge in [0.2, 0.25) is 0 Å². The molecule has 0 bridgehead atoms. The van der Waals surface area contributed by atoms with Crippen LogP contribution in [0.3, 0.4) is 0 Å². The van der Waals surface area contributed by atoms with Gasteiger partial charge in [-0.15, -0.1) is 0 Å². The maximum Gasteiger partial charge on any atom is 0.134 e. The Morgan fingerprint density at radius 1 is 1.43 bits per heavy atom. The smallest absolute Gasteiger partial charge is 0.134 e. The zero-order chi connectivity index (χ0) is 14.8. The van der Waals surface area contributed by atoms with Gasteiger partial charge in [-0.3, -0.25) is 5.84 Å². The van der Waals surface area contributed by atoms with Gasteiger partial charge in [-0.2, -0.15) is 0 Å². The first-order chi connectivity index (χ1) is 10.2. The van der Waals surface area contributed by atoms with Gasteiger partial charge < -0.3 is 9.15 Å². The van der Waals surface area contributed by atoms with E-state index in [2.05, 4.69) is 5.43 Å². The normalized spacial score (nSPS) is 23.2. The number of hydrogen-bond donors (Lipinski definition) is 2. The lowest BCUT2D eigenvalue weighted by atomic mass is 9.78. The van der Waals surface area contributed by atoms with E-state index in [-0.39, 0.29) is 11.9 Å². The molecule has 4 nitrogen and oxygen atoms in total. The molecule has 114 valence electrons. The predicted molar refractivity (Wildman–Crippen MR) is 79.0 cm³/mol. The van der Waals surface area contributed by atoms with Crippen LogP contribution in [0.5, 0.6) is 0 Å². The largest absolute Gasteiger partial charge is 0.459 e. The van der Waals surface area contributed by atoms with Crippen LogP contribution in [0.1, 0.15) is 38.0 Å². The summed E-state index contributed by atoms with van der Waals surface area (Å²) in [5, 5.41) is 0.769. The second kappa shape index (κ2) is 6.13. The van der Waals surface area contributed by atoms with Crippen molar-refractivity contribution >= 4 is 11.0 Å². The van der Waals surface area contributed by atoms with Crippen molar-refractivity contribution in [2.45, 2.75) is 38.3 Å². The number of nitrogens with two attached hydrogens (primary N) is 1. The molecule has 1 aliphatic rings. The van der Waals surface area contributed by atoms with Crippen LogP contribution in [0.2, 0.25) is 0 Å². The highest BCUT2D eigenvalue weighted by molar-refractivity contribution is 5.78. The molecule has 3 rings (SSSR count). The molecule has 1 aromatic carbocycles. The molecular formula is C16H21FN2O2. The number of fused-ring (bicyclic) bond motifs is 1. The van der Waals surface area contributed by atoms with Crippen LogP contribution in [0.25, 0.3) is 11.0 Å². The molecule has 0 saturated heterocycles. The van der Waals surface area contributed by atoms with Crippen molar-refractivity contribution in [3.05, 3.63) is 35.8 Å². The van der Waals surface area contributed by atoms with Crippen LogP contribution in [0.15, 0.2) is 28.7 Å². The summed E-state index contributed by atoms with van der Waals surface area (Å²) in [6.07, 6.45) is 3.44. The highest BCUT2D eigenvalue weighted by Crippen LogP contribution is 2.37. The van der Waals surface area contributed by atoms with Crippen molar-refractivity contribution in [3.8, 4) is 0 Å². The zero-order valence-corrected chi connectivity index (χ0v) is 12.1. The number of ether oxygens (including phenoxy) is 1. The third kappa shape index (κ3) is 3.10. The van der Waals surface area contributed by atoms with E-state index in [0.717, 1.165) is 37.0 Å². The Balaban J connectivity index is 1.67. The number of furan rings is 1. The maximum atomic E-state index is 13.2. The number of halogens is 1. The Hall–Kier alpha value is -1.43. The van der Waals surface area contributed by atoms with Crippen molar-refractivity contribution in [2.24, 2.45) is 11.8 Å². The molecule has 21 heavy (non-hydrogen) atoms. The van der Waals surface area contributed by atoms with Crippen molar-refractivity contribution in [3.63, 3.8) is 0 Å². The monoisotopic (exact) mass is 292 g/mol. The topological polar surface area (TPSA) is 60.4 Å². The second-order valence-corrected chi connectivity index (χ2v) is 5.70. The summed E-state index contributed by atoms with van der Waals surface area (Å²) in [6, 6.07) is 6.34. The van der Waals surface area contributed by atoms with Gasteiger partial charge in [0.05, 0.1) is 12.1 Å². The maximum absolute atomic E-state index is 13.2. The zero-order valence-electron chi connectivity index (χ0n) is 12.1.